The van der Waals surface area contributed by atoms with Crippen LogP contribution >= 0.6 is 0 Å². The SMILES string of the molecule is CC(C)(C)c1ccc(COc2ccccc2/C=C/C(CCc2ccc(C(=O)O)cc2)Cc2cc(F)c(O)c(F)c2)cc1. The van der Waals surface area contributed by atoms with Gasteiger partial charge in [-0.15, -0.1) is 0 Å². The first-order valence-electron chi connectivity index (χ1n) is 14.0. The van der Waals surface area contributed by atoms with Crippen LogP contribution in [-0.2, 0) is 24.9 Å². The molecule has 0 saturated carbocycles. The van der Waals surface area contributed by atoms with E-state index in [4.69, 9.17) is 9.84 Å². The summed E-state index contributed by atoms with van der Waals surface area (Å²) < 4.78 is 34.3. The maximum Gasteiger partial charge on any atom is 0.335 e. The number of benzene rings is 4. The Kier molecular flexibility index (Phi) is 9.79. The molecule has 0 aliphatic heterocycles. The second-order valence-electron chi connectivity index (χ2n) is 11.5. The van der Waals surface area contributed by atoms with Crippen molar-refractivity contribution in [2.75, 3.05) is 0 Å². The third-order valence-corrected chi connectivity index (χ3v) is 7.26. The van der Waals surface area contributed by atoms with Crippen LogP contribution in [0, 0.1) is 17.6 Å². The summed E-state index contributed by atoms with van der Waals surface area (Å²) >= 11 is 0. The number of aromatic hydroxyl groups is 1. The van der Waals surface area contributed by atoms with Crippen LogP contribution in [0.15, 0.2) is 91.0 Å². The number of ether oxygens (including phenoxy) is 1. The number of phenolic OH excluding ortho intramolecular Hbond substituents is 1. The Morgan fingerprint density at radius 2 is 1.50 bits per heavy atom. The summed E-state index contributed by atoms with van der Waals surface area (Å²) in [7, 11) is 0. The summed E-state index contributed by atoms with van der Waals surface area (Å²) in [5.41, 5.74) is 4.88. The molecule has 218 valence electrons. The van der Waals surface area contributed by atoms with E-state index in [0.29, 0.717) is 31.4 Å². The fraction of sp³-hybridized carbons (Fsp3) is 0.250. The van der Waals surface area contributed by atoms with Crippen molar-refractivity contribution in [1.82, 2.24) is 0 Å². The van der Waals surface area contributed by atoms with Gasteiger partial charge in [-0.25, -0.2) is 13.6 Å². The molecule has 4 nitrogen and oxygen atoms in total. The van der Waals surface area contributed by atoms with E-state index in [0.717, 1.165) is 34.6 Å². The number of allylic oxidation sites excluding steroid dienone is 1. The molecular formula is C36H36F2O4. The zero-order valence-corrected chi connectivity index (χ0v) is 24.1. The molecule has 0 aliphatic rings. The molecule has 0 heterocycles. The van der Waals surface area contributed by atoms with Crippen molar-refractivity contribution in [3.8, 4) is 11.5 Å². The normalized spacial score (nSPS) is 12.4. The number of para-hydroxylation sites is 1. The standard InChI is InChI=1S/C36H36F2O4/c1-36(2,3)30-18-13-26(14-19-30)23-42-33-7-5-4-6-28(33)15-12-25(20-27-21-31(37)34(39)32(38)22-27)9-8-24-10-16-29(17-11-24)35(40)41/h4-7,10-19,21-22,25,39H,8-9,20,23H2,1-3H3,(H,40,41)/b15-12+. The molecule has 0 bridgehead atoms. The Morgan fingerprint density at radius 1 is 0.881 bits per heavy atom. The molecule has 4 rings (SSSR count). The Bertz CT molecular complexity index is 1510. The van der Waals surface area contributed by atoms with Crippen LogP contribution < -0.4 is 4.74 Å². The molecule has 6 heteroatoms. The number of carbonyl (C=O) groups is 1. The molecule has 1 atom stereocenters. The molecule has 0 spiro atoms. The number of aromatic carboxylic acids is 1. The molecule has 0 aliphatic carbocycles. The number of carboxylic acid groups (broad SMARTS) is 1. The predicted octanol–water partition coefficient (Wildman–Crippen LogP) is 8.75. The highest BCUT2D eigenvalue weighted by Crippen LogP contribution is 2.28. The monoisotopic (exact) mass is 570 g/mol. The third kappa shape index (κ3) is 8.29. The highest BCUT2D eigenvalue weighted by molar-refractivity contribution is 5.87. The molecule has 42 heavy (non-hydrogen) atoms. The highest BCUT2D eigenvalue weighted by atomic mass is 19.1. The number of phenols is 1. The molecular weight excluding hydrogens is 534 g/mol. The van der Waals surface area contributed by atoms with Crippen LogP contribution in [0.4, 0.5) is 8.78 Å². The third-order valence-electron chi connectivity index (χ3n) is 7.26. The van der Waals surface area contributed by atoms with Gasteiger partial charge < -0.3 is 14.9 Å². The largest absolute Gasteiger partial charge is 0.503 e. The van der Waals surface area contributed by atoms with Gasteiger partial charge in [-0.1, -0.05) is 87.5 Å². The van der Waals surface area contributed by atoms with E-state index in [1.807, 2.05) is 36.4 Å². The predicted molar refractivity (Wildman–Crippen MR) is 162 cm³/mol. The summed E-state index contributed by atoms with van der Waals surface area (Å²) in [6, 6.07) is 25.1. The Morgan fingerprint density at radius 3 is 2.12 bits per heavy atom. The average Bonchev–Trinajstić information content (AvgIpc) is 2.96. The van der Waals surface area contributed by atoms with E-state index >= 15 is 0 Å². The number of hydrogen-bond acceptors (Lipinski definition) is 3. The first kappa shape index (κ1) is 30.5. The van der Waals surface area contributed by atoms with E-state index in [9.17, 15) is 18.7 Å². The lowest BCUT2D eigenvalue weighted by Crippen LogP contribution is -2.10. The number of rotatable bonds is 11. The van der Waals surface area contributed by atoms with Gasteiger partial charge in [0.15, 0.2) is 17.4 Å². The number of carboxylic acids is 1. The molecule has 4 aromatic rings. The van der Waals surface area contributed by atoms with E-state index in [-0.39, 0.29) is 16.9 Å². The second-order valence-corrected chi connectivity index (χ2v) is 11.5. The summed E-state index contributed by atoms with van der Waals surface area (Å²) in [5, 5.41) is 18.7. The maximum atomic E-state index is 14.1. The van der Waals surface area contributed by atoms with Gasteiger partial charge in [0, 0.05) is 5.56 Å². The molecule has 1 unspecified atom stereocenters. The molecule has 0 radical (unpaired) electrons. The van der Waals surface area contributed by atoms with Crippen molar-refractivity contribution in [1.29, 1.82) is 0 Å². The smallest absolute Gasteiger partial charge is 0.335 e. The van der Waals surface area contributed by atoms with Gasteiger partial charge in [-0.2, -0.15) is 0 Å². The van der Waals surface area contributed by atoms with E-state index < -0.39 is 23.4 Å². The molecule has 0 fully saturated rings. The van der Waals surface area contributed by atoms with Crippen molar-refractivity contribution >= 4 is 12.0 Å². The van der Waals surface area contributed by atoms with Crippen molar-refractivity contribution in [3.05, 3.63) is 136 Å². The topological polar surface area (TPSA) is 66.8 Å². The van der Waals surface area contributed by atoms with Crippen LogP contribution in [0.2, 0.25) is 0 Å². The van der Waals surface area contributed by atoms with Gasteiger partial charge in [0.05, 0.1) is 5.56 Å². The van der Waals surface area contributed by atoms with Gasteiger partial charge in [0.1, 0.15) is 12.4 Å². The maximum absolute atomic E-state index is 14.1. The summed E-state index contributed by atoms with van der Waals surface area (Å²) in [5.74, 6) is -3.34. The van der Waals surface area contributed by atoms with Gasteiger partial charge in [0.2, 0.25) is 0 Å². The van der Waals surface area contributed by atoms with Gasteiger partial charge in [0.25, 0.3) is 0 Å². The molecule has 2 N–H and O–H groups in total. The molecule has 0 amide bonds. The lowest BCUT2D eigenvalue weighted by Gasteiger charge is -2.19. The minimum absolute atomic E-state index is 0.0763. The Balaban J connectivity index is 1.51. The van der Waals surface area contributed by atoms with Crippen LogP contribution in [0.1, 0.15) is 65.4 Å². The average molecular weight is 571 g/mol. The first-order chi connectivity index (χ1) is 20.0. The lowest BCUT2D eigenvalue weighted by molar-refractivity contribution is 0.0697. The van der Waals surface area contributed by atoms with E-state index in [2.05, 4.69) is 45.0 Å². The number of halogens is 2. The summed E-state index contributed by atoms with van der Waals surface area (Å²) in [6.07, 6.45) is 5.61. The molecule has 0 saturated heterocycles. The van der Waals surface area contributed by atoms with Gasteiger partial charge in [-0.05, 0) is 83.2 Å². The number of aryl methyl sites for hydroxylation is 1. The fourth-order valence-corrected chi connectivity index (χ4v) is 4.72. The minimum Gasteiger partial charge on any atom is -0.503 e. The van der Waals surface area contributed by atoms with Crippen LogP contribution in [0.5, 0.6) is 11.5 Å². The van der Waals surface area contributed by atoms with E-state index in [1.165, 1.54) is 5.56 Å². The van der Waals surface area contributed by atoms with Crippen molar-refractivity contribution < 1.29 is 28.5 Å². The summed E-state index contributed by atoms with van der Waals surface area (Å²) in [6.45, 7) is 6.95. The zero-order chi connectivity index (χ0) is 30.3. The Hall–Kier alpha value is -4.45. The van der Waals surface area contributed by atoms with Crippen LogP contribution in [0.3, 0.4) is 0 Å². The minimum atomic E-state index is -0.994. The zero-order valence-electron chi connectivity index (χ0n) is 24.1. The molecule has 4 aromatic carbocycles. The van der Waals surface area contributed by atoms with Crippen LogP contribution in [-0.4, -0.2) is 16.2 Å². The van der Waals surface area contributed by atoms with Crippen molar-refractivity contribution in [2.24, 2.45) is 5.92 Å². The van der Waals surface area contributed by atoms with Gasteiger partial charge in [-0.3, -0.25) is 0 Å². The van der Waals surface area contributed by atoms with E-state index in [1.54, 1.807) is 24.3 Å². The lowest BCUT2D eigenvalue weighted by atomic mass is 9.87. The first-order valence-corrected chi connectivity index (χ1v) is 14.0. The van der Waals surface area contributed by atoms with Crippen LogP contribution in [0.25, 0.3) is 6.08 Å². The summed E-state index contributed by atoms with van der Waals surface area (Å²) in [4.78, 5) is 11.2. The second kappa shape index (κ2) is 13.5. The van der Waals surface area contributed by atoms with Crippen molar-refractivity contribution in [3.63, 3.8) is 0 Å². The Labute approximate surface area is 245 Å². The van der Waals surface area contributed by atoms with Gasteiger partial charge >= 0.3 is 5.97 Å². The quantitative estimate of drug-likeness (QED) is 0.189. The fourth-order valence-electron chi connectivity index (χ4n) is 4.72. The molecule has 0 aromatic heterocycles. The highest BCUT2D eigenvalue weighted by Gasteiger charge is 2.15. The number of hydrogen-bond donors (Lipinski definition) is 2. The van der Waals surface area contributed by atoms with Crippen molar-refractivity contribution in [2.45, 2.75) is 52.1 Å².